The molecule has 0 aromatic rings. The molecule has 0 aliphatic carbocycles. The number of likely N-dealkylation sites (tertiary alicyclic amines) is 1. The van der Waals surface area contributed by atoms with E-state index in [1.165, 1.54) is 12.0 Å². The van der Waals surface area contributed by atoms with Crippen LogP contribution >= 0.6 is 12.4 Å². The number of halogens is 1. The lowest BCUT2D eigenvalue weighted by Gasteiger charge is -2.28. The maximum absolute atomic E-state index is 11.9. The number of hydrogen-bond donors (Lipinski definition) is 1. The van der Waals surface area contributed by atoms with E-state index >= 15 is 0 Å². The van der Waals surface area contributed by atoms with Gasteiger partial charge in [-0.2, -0.15) is 0 Å². The number of carbonyl (C=O) groups is 2. The van der Waals surface area contributed by atoms with Crippen LogP contribution in [-0.2, 0) is 14.3 Å². The Labute approximate surface area is 113 Å². The number of nitrogens with two attached hydrogens (primary N) is 1. The van der Waals surface area contributed by atoms with Crippen molar-refractivity contribution < 1.29 is 19.1 Å². The first-order chi connectivity index (χ1) is 7.76. The van der Waals surface area contributed by atoms with Gasteiger partial charge in [0.2, 0.25) is 0 Å². The second-order valence-electron chi connectivity index (χ2n) is 5.09. The predicted octanol–water partition coefficient (Wildman–Crippen LogP) is 0.918. The molecule has 0 bridgehead atoms. The third-order valence-electron chi connectivity index (χ3n) is 2.52. The summed E-state index contributed by atoms with van der Waals surface area (Å²) in [6.07, 6.45) is 0.0415. The van der Waals surface area contributed by atoms with E-state index in [0.717, 1.165) is 0 Å². The zero-order valence-corrected chi connectivity index (χ0v) is 12.0. The van der Waals surface area contributed by atoms with Crippen LogP contribution in [0.1, 0.15) is 27.2 Å². The molecule has 2 atom stereocenters. The van der Waals surface area contributed by atoms with Crippen LogP contribution in [0.5, 0.6) is 0 Å². The number of ether oxygens (including phenoxy) is 2. The summed E-state index contributed by atoms with van der Waals surface area (Å²) >= 11 is 0. The Balaban J connectivity index is 0.00000289. The fourth-order valence-electron chi connectivity index (χ4n) is 1.76. The van der Waals surface area contributed by atoms with Crippen molar-refractivity contribution in [3.05, 3.63) is 0 Å². The fraction of sp³-hybridized carbons (Fsp3) is 0.818. The molecule has 1 heterocycles. The first-order valence-electron chi connectivity index (χ1n) is 5.59. The van der Waals surface area contributed by atoms with Crippen molar-refractivity contribution in [3.63, 3.8) is 0 Å². The van der Waals surface area contributed by atoms with Crippen LogP contribution in [0.15, 0.2) is 0 Å². The van der Waals surface area contributed by atoms with Gasteiger partial charge in [0.1, 0.15) is 11.6 Å². The van der Waals surface area contributed by atoms with Crippen LogP contribution in [0.2, 0.25) is 0 Å². The number of nitrogens with zero attached hydrogens (tertiary/aromatic N) is 1. The molecule has 1 rings (SSSR count). The topological polar surface area (TPSA) is 81.9 Å². The Morgan fingerprint density at radius 2 is 1.89 bits per heavy atom. The number of esters is 1. The molecule has 0 aromatic heterocycles. The Hall–Kier alpha value is -1.01. The van der Waals surface area contributed by atoms with Crippen molar-refractivity contribution in [3.8, 4) is 0 Å². The molecule has 2 N–H and O–H groups in total. The lowest BCUT2D eigenvalue weighted by molar-refractivity contribution is -0.146. The quantitative estimate of drug-likeness (QED) is 0.722. The first kappa shape index (κ1) is 17.0. The molecule has 6 nitrogen and oxygen atoms in total. The Morgan fingerprint density at radius 1 is 1.33 bits per heavy atom. The van der Waals surface area contributed by atoms with Gasteiger partial charge in [0, 0.05) is 12.6 Å². The minimum Gasteiger partial charge on any atom is -0.467 e. The molecule has 1 aliphatic rings. The molecule has 106 valence electrons. The molecular weight excluding hydrogens is 260 g/mol. The largest absolute Gasteiger partial charge is 0.467 e. The third kappa shape index (κ3) is 4.03. The van der Waals surface area contributed by atoms with Gasteiger partial charge in [-0.15, -0.1) is 12.4 Å². The third-order valence-corrected chi connectivity index (χ3v) is 2.52. The zero-order chi connectivity index (χ0) is 13.2. The standard InChI is InChI=1S/C11H20N2O4.ClH/c1-11(2,3)17-10(15)13-6-5-7(12)8(13)9(14)16-4;/h7-8H,5-6,12H2,1-4H3;1H. The molecule has 2 unspecified atom stereocenters. The van der Waals surface area contributed by atoms with Crippen LogP contribution in [0.4, 0.5) is 4.79 Å². The minimum atomic E-state index is -0.741. The van der Waals surface area contributed by atoms with E-state index < -0.39 is 29.7 Å². The van der Waals surface area contributed by atoms with Gasteiger partial charge in [-0.25, -0.2) is 9.59 Å². The van der Waals surface area contributed by atoms with Crippen LogP contribution in [0.25, 0.3) is 0 Å². The van der Waals surface area contributed by atoms with Crippen molar-refractivity contribution in [2.45, 2.75) is 44.9 Å². The second kappa shape index (κ2) is 6.24. The number of methoxy groups -OCH3 is 1. The van der Waals surface area contributed by atoms with E-state index in [-0.39, 0.29) is 12.4 Å². The average molecular weight is 281 g/mol. The number of hydrogen-bond acceptors (Lipinski definition) is 5. The second-order valence-corrected chi connectivity index (χ2v) is 5.09. The lowest BCUT2D eigenvalue weighted by atomic mass is 10.1. The highest BCUT2D eigenvalue weighted by Crippen LogP contribution is 2.21. The number of rotatable bonds is 1. The summed E-state index contributed by atoms with van der Waals surface area (Å²) in [6, 6.07) is -1.13. The minimum absolute atomic E-state index is 0. The van der Waals surface area contributed by atoms with Gasteiger partial charge < -0.3 is 15.2 Å². The summed E-state index contributed by atoms with van der Waals surface area (Å²) in [7, 11) is 1.28. The molecular formula is C11H21ClN2O4. The highest BCUT2D eigenvalue weighted by Gasteiger charge is 2.42. The lowest BCUT2D eigenvalue weighted by Crippen LogP contribution is -2.49. The molecule has 7 heteroatoms. The Bertz CT molecular complexity index is 317. The van der Waals surface area contributed by atoms with Gasteiger partial charge in [0.15, 0.2) is 0 Å². The predicted molar refractivity (Wildman–Crippen MR) is 68.6 cm³/mol. The molecule has 1 aliphatic heterocycles. The van der Waals surface area contributed by atoms with Gasteiger partial charge >= 0.3 is 12.1 Å². The summed E-state index contributed by atoms with van der Waals surface area (Å²) in [6.45, 7) is 5.73. The van der Waals surface area contributed by atoms with Crippen molar-refractivity contribution in [2.24, 2.45) is 5.73 Å². The summed E-state index contributed by atoms with van der Waals surface area (Å²) in [5.74, 6) is -0.499. The summed E-state index contributed by atoms with van der Waals surface area (Å²) in [5.41, 5.74) is 5.20. The number of carbonyl (C=O) groups excluding carboxylic acids is 2. The summed E-state index contributed by atoms with van der Waals surface area (Å²) in [5, 5.41) is 0. The summed E-state index contributed by atoms with van der Waals surface area (Å²) in [4.78, 5) is 24.8. The van der Waals surface area contributed by atoms with E-state index in [1.54, 1.807) is 20.8 Å². The van der Waals surface area contributed by atoms with Crippen molar-refractivity contribution >= 4 is 24.5 Å². The van der Waals surface area contributed by atoms with E-state index in [1.807, 2.05) is 0 Å². The van der Waals surface area contributed by atoms with E-state index in [4.69, 9.17) is 10.5 Å². The highest BCUT2D eigenvalue weighted by molar-refractivity contribution is 5.85. The van der Waals surface area contributed by atoms with E-state index in [0.29, 0.717) is 13.0 Å². The maximum atomic E-state index is 11.9. The average Bonchev–Trinajstić information content (AvgIpc) is 2.56. The maximum Gasteiger partial charge on any atom is 0.411 e. The van der Waals surface area contributed by atoms with Gasteiger partial charge in [-0.05, 0) is 27.2 Å². The molecule has 18 heavy (non-hydrogen) atoms. The van der Waals surface area contributed by atoms with Crippen LogP contribution in [0.3, 0.4) is 0 Å². The molecule has 1 fully saturated rings. The van der Waals surface area contributed by atoms with Gasteiger partial charge in [0.05, 0.1) is 7.11 Å². The molecule has 0 radical (unpaired) electrons. The monoisotopic (exact) mass is 280 g/mol. The first-order valence-corrected chi connectivity index (χ1v) is 5.59. The van der Waals surface area contributed by atoms with Gasteiger partial charge in [0.25, 0.3) is 0 Å². The molecule has 0 saturated carbocycles. The zero-order valence-electron chi connectivity index (χ0n) is 11.1. The molecule has 1 amide bonds. The highest BCUT2D eigenvalue weighted by atomic mass is 35.5. The van der Waals surface area contributed by atoms with E-state index in [9.17, 15) is 9.59 Å². The molecule has 0 aromatic carbocycles. The van der Waals surface area contributed by atoms with Crippen molar-refractivity contribution in [1.82, 2.24) is 4.90 Å². The number of amides is 1. The van der Waals surface area contributed by atoms with Crippen LogP contribution < -0.4 is 5.73 Å². The smallest absolute Gasteiger partial charge is 0.411 e. The van der Waals surface area contributed by atoms with E-state index in [2.05, 4.69) is 4.74 Å². The Morgan fingerprint density at radius 3 is 2.33 bits per heavy atom. The fourth-order valence-corrected chi connectivity index (χ4v) is 1.76. The Kier molecular flexibility index (Phi) is 5.89. The van der Waals surface area contributed by atoms with Crippen LogP contribution in [-0.4, -0.2) is 48.3 Å². The van der Waals surface area contributed by atoms with Gasteiger partial charge in [-0.1, -0.05) is 0 Å². The van der Waals surface area contributed by atoms with Crippen molar-refractivity contribution in [1.29, 1.82) is 0 Å². The van der Waals surface area contributed by atoms with Crippen molar-refractivity contribution in [2.75, 3.05) is 13.7 Å². The van der Waals surface area contributed by atoms with Gasteiger partial charge in [-0.3, -0.25) is 4.90 Å². The molecule has 0 spiro atoms. The SMILES string of the molecule is COC(=O)C1C(N)CCN1C(=O)OC(C)(C)C.Cl. The normalized spacial score (nSPS) is 23.3. The molecule has 1 saturated heterocycles. The van der Waals surface area contributed by atoms with Crippen LogP contribution in [0, 0.1) is 0 Å². The summed E-state index contributed by atoms with van der Waals surface area (Å²) < 4.78 is 9.87.